The molecule has 1 aliphatic heterocycles. The maximum absolute atomic E-state index is 12.6. The highest BCUT2D eigenvalue weighted by Gasteiger charge is 2.35. The fraction of sp³-hybridized carbons (Fsp3) is 0.286. The third kappa shape index (κ3) is 5.18. The average Bonchev–Trinajstić information content (AvgIpc) is 3.27. The lowest BCUT2D eigenvalue weighted by molar-refractivity contribution is -0.150. The van der Waals surface area contributed by atoms with Crippen LogP contribution in [-0.4, -0.2) is 37.3 Å². The van der Waals surface area contributed by atoms with Gasteiger partial charge >= 0.3 is 18.0 Å². The summed E-state index contributed by atoms with van der Waals surface area (Å²) >= 11 is 1.39. The zero-order valence-electron chi connectivity index (χ0n) is 16.5. The number of para-hydroxylation sites is 1. The molecule has 0 spiro atoms. The van der Waals surface area contributed by atoms with Crippen LogP contribution in [0.15, 0.2) is 59.1 Å². The summed E-state index contributed by atoms with van der Waals surface area (Å²) in [6.45, 7) is 3.12. The Morgan fingerprint density at radius 3 is 2.57 bits per heavy atom. The Hall–Kier alpha value is -3.33. The fourth-order valence-electron chi connectivity index (χ4n) is 2.86. The van der Waals surface area contributed by atoms with E-state index >= 15 is 0 Å². The second kappa shape index (κ2) is 9.93. The fourth-order valence-corrected chi connectivity index (χ4v) is 3.65. The van der Waals surface area contributed by atoms with E-state index in [4.69, 9.17) is 14.2 Å². The Kier molecular flexibility index (Phi) is 7.08. The van der Waals surface area contributed by atoms with E-state index in [-0.39, 0.29) is 24.5 Å². The SMILES string of the molecule is CCOC(=O)C1=C(COC(=O)[C@H](C)Oc2ccccc2)NC(=O)N[C@@H]1c1cccs1. The topological polar surface area (TPSA) is 103 Å². The molecule has 0 radical (unpaired) electrons. The molecule has 0 saturated carbocycles. The van der Waals surface area contributed by atoms with E-state index in [1.165, 1.54) is 11.3 Å². The summed E-state index contributed by atoms with van der Waals surface area (Å²) < 4.78 is 16.0. The summed E-state index contributed by atoms with van der Waals surface area (Å²) in [7, 11) is 0. The second-order valence-corrected chi connectivity index (χ2v) is 7.32. The predicted octanol–water partition coefficient (Wildman–Crippen LogP) is 2.93. The molecule has 1 aromatic heterocycles. The van der Waals surface area contributed by atoms with Crippen molar-refractivity contribution in [3.05, 3.63) is 64.0 Å². The van der Waals surface area contributed by atoms with E-state index < -0.39 is 30.1 Å². The molecule has 158 valence electrons. The van der Waals surface area contributed by atoms with Crippen molar-refractivity contribution < 1.29 is 28.6 Å². The van der Waals surface area contributed by atoms with Crippen molar-refractivity contribution in [1.29, 1.82) is 0 Å². The first kappa shape index (κ1) is 21.4. The van der Waals surface area contributed by atoms with Gasteiger partial charge in [-0.1, -0.05) is 24.3 Å². The largest absolute Gasteiger partial charge is 0.479 e. The van der Waals surface area contributed by atoms with E-state index in [2.05, 4.69) is 10.6 Å². The molecule has 0 unspecified atom stereocenters. The Bertz CT molecular complexity index is 926. The molecule has 0 fully saturated rings. The minimum absolute atomic E-state index is 0.169. The maximum atomic E-state index is 12.6. The lowest BCUT2D eigenvalue weighted by atomic mass is 10.0. The van der Waals surface area contributed by atoms with Crippen LogP contribution >= 0.6 is 11.3 Å². The number of amides is 2. The Labute approximate surface area is 177 Å². The molecule has 1 aromatic carbocycles. The summed E-state index contributed by atoms with van der Waals surface area (Å²) in [5, 5.41) is 7.12. The minimum Gasteiger partial charge on any atom is -0.479 e. The Balaban J connectivity index is 1.77. The van der Waals surface area contributed by atoms with Crippen LogP contribution in [0.1, 0.15) is 24.8 Å². The van der Waals surface area contributed by atoms with Crippen LogP contribution < -0.4 is 15.4 Å². The molecule has 0 aliphatic carbocycles. The van der Waals surface area contributed by atoms with Gasteiger partial charge in [0.1, 0.15) is 12.4 Å². The minimum atomic E-state index is -0.871. The molecule has 0 saturated heterocycles. The first-order valence-corrected chi connectivity index (χ1v) is 10.3. The van der Waals surface area contributed by atoms with E-state index in [9.17, 15) is 14.4 Å². The van der Waals surface area contributed by atoms with Gasteiger partial charge in [0.05, 0.1) is 23.9 Å². The smallest absolute Gasteiger partial charge is 0.347 e. The number of benzene rings is 1. The van der Waals surface area contributed by atoms with E-state index in [0.717, 1.165) is 4.88 Å². The van der Waals surface area contributed by atoms with Crippen molar-refractivity contribution >= 4 is 29.3 Å². The van der Waals surface area contributed by atoms with Gasteiger partial charge in [0.2, 0.25) is 0 Å². The summed E-state index contributed by atoms with van der Waals surface area (Å²) in [5.74, 6) is -0.695. The summed E-state index contributed by atoms with van der Waals surface area (Å²) in [5.41, 5.74) is 0.374. The molecule has 8 nitrogen and oxygen atoms in total. The quantitative estimate of drug-likeness (QED) is 0.624. The van der Waals surface area contributed by atoms with Crippen molar-refractivity contribution in [1.82, 2.24) is 10.6 Å². The summed E-state index contributed by atoms with van der Waals surface area (Å²) in [6.07, 6.45) is -0.871. The van der Waals surface area contributed by atoms with Gasteiger partial charge < -0.3 is 24.8 Å². The highest BCUT2D eigenvalue weighted by molar-refractivity contribution is 7.10. The Morgan fingerprint density at radius 2 is 1.90 bits per heavy atom. The van der Waals surface area contributed by atoms with Gasteiger partial charge in [-0.15, -0.1) is 11.3 Å². The van der Waals surface area contributed by atoms with Crippen LogP contribution in [0.25, 0.3) is 0 Å². The van der Waals surface area contributed by atoms with Gasteiger partial charge in [0.15, 0.2) is 6.10 Å². The van der Waals surface area contributed by atoms with Crippen LogP contribution in [0.5, 0.6) is 5.75 Å². The van der Waals surface area contributed by atoms with Crippen LogP contribution in [0, 0.1) is 0 Å². The van der Waals surface area contributed by atoms with Crippen LogP contribution in [-0.2, 0) is 19.1 Å². The lowest BCUT2D eigenvalue weighted by Crippen LogP contribution is -2.47. The zero-order valence-corrected chi connectivity index (χ0v) is 17.4. The molecule has 9 heteroatoms. The summed E-state index contributed by atoms with van der Waals surface area (Å²) in [4.78, 5) is 37.9. The number of ether oxygens (including phenoxy) is 3. The number of nitrogens with one attached hydrogen (secondary N) is 2. The number of esters is 2. The highest BCUT2D eigenvalue weighted by atomic mass is 32.1. The van der Waals surface area contributed by atoms with Crippen molar-refractivity contribution in [3.63, 3.8) is 0 Å². The second-order valence-electron chi connectivity index (χ2n) is 6.34. The number of rotatable bonds is 8. The molecule has 0 bridgehead atoms. The monoisotopic (exact) mass is 430 g/mol. The molecule has 30 heavy (non-hydrogen) atoms. The number of thiophene rings is 1. The third-order valence-corrected chi connectivity index (χ3v) is 5.16. The van der Waals surface area contributed by atoms with Crippen molar-refractivity contribution in [2.24, 2.45) is 0 Å². The zero-order chi connectivity index (χ0) is 21.5. The van der Waals surface area contributed by atoms with Crippen molar-refractivity contribution in [2.75, 3.05) is 13.2 Å². The normalized spacial score (nSPS) is 16.9. The number of urea groups is 1. The Morgan fingerprint density at radius 1 is 1.13 bits per heavy atom. The summed E-state index contributed by atoms with van der Waals surface area (Å²) in [6, 6.07) is 11.3. The first-order valence-electron chi connectivity index (χ1n) is 9.39. The molecule has 1 aliphatic rings. The molecular weight excluding hydrogens is 408 g/mol. The van der Waals surface area contributed by atoms with Gasteiger partial charge in [-0.2, -0.15) is 0 Å². The number of carbonyl (C=O) groups excluding carboxylic acids is 3. The first-order chi connectivity index (χ1) is 14.5. The number of carbonyl (C=O) groups is 3. The highest BCUT2D eigenvalue weighted by Crippen LogP contribution is 2.30. The molecule has 2 N–H and O–H groups in total. The van der Waals surface area contributed by atoms with E-state index in [1.54, 1.807) is 44.2 Å². The molecule has 2 amide bonds. The lowest BCUT2D eigenvalue weighted by Gasteiger charge is -2.28. The van der Waals surface area contributed by atoms with Crippen molar-refractivity contribution in [2.45, 2.75) is 26.0 Å². The standard InChI is InChI=1S/C21H22N2O6S/c1-3-27-20(25)17-15(22-21(26)23-18(17)16-10-7-11-30-16)12-28-19(24)13(2)29-14-8-5-4-6-9-14/h4-11,13,18H,3,12H2,1-2H3,(H2,22,23,26)/t13-,18+/m0/s1. The van der Waals surface area contributed by atoms with Crippen LogP contribution in [0.4, 0.5) is 4.79 Å². The van der Waals surface area contributed by atoms with Gasteiger partial charge in [0.25, 0.3) is 0 Å². The third-order valence-electron chi connectivity index (χ3n) is 4.22. The molecular formula is C21H22N2O6S. The molecule has 2 heterocycles. The van der Waals surface area contributed by atoms with Gasteiger partial charge in [-0.05, 0) is 37.4 Å². The van der Waals surface area contributed by atoms with Gasteiger partial charge in [-0.25, -0.2) is 14.4 Å². The average molecular weight is 430 g/mol. The van der Waals surface area contributed by atoms with Crippen LogP contribution in [0.2, 0.25) is 0 Å². The maximum Gasteiger partial charge on any atom is 0.347 e. The van der Waals surface area contributed by atoms with E-state index in [1.807, 2.05) is 17.5 Å². The predicted molar refractivity (Wildman–Crippen MR) is 110 cm³/mol. The van der Waals surface area contributed by atoms with E-state index in [0.29, 0.717) is 5.75 Å². The molecule has 2 atom stereocenters. The van der Waals surface area contributed by atoms with Crippen LogP contribution in [0.3, 0.4) is 0 Å². The number of hydrogen-bond acceptors (Lipinski definition) is 7. The molecule has 2 aromatic rings. The number of hydrogen-bond donors (Lipinski definition) is 2. The molecule has 3 rings (SSSR count). The van der Waals surface area contributed by atoms with Crippen molar-refractivity contribution in [3.8, 4) is 5.75 Å². The van der Waals surface area contributed by atoms with Gasteiger partial charge in [-0.3, -0.25) is 0 Å². The van der Waals surface area contributed by atoms with Gasteiger partial charge in [0, 0.05) is 4.88 Å².